The number of amides is 1. The van der Waals surface area contributed by atoms with Gasteiger partial charge >= 0.3 is 0 Å². The predicted molar refractivity (Wildman–Crippen MR) is 90.5 cm³/mol. The number of nitro benzene ring substituents is 1. The highest BCUT2D eigenvalue weighted by Gasteiger charge is 2.15. The molecule has 0 aliphatic rings. The highest BCUT2D eigenvalue weighted by molar-refractivity contribution is 9.10. The molecule has 0 spiro atoms. The van der Waals surface area contributed by atoms with E-state index in [1.54, 1.807) is 18.2 Å². The van der Waals surface area contributed by atoms with Crippen LogP contribution in [0, 0.1) is 15.9 Å². The van der Waals surface area contributed by atoms with Gasteiger partial charge in [0, 0.05) is 26.7 Å². The van der Waals surface area contributed by atoms with E-state index in [2.05, 4.69) is 21.2 Å². The molecule has 0 aliphatic heterocycles. The van der Waals surface area contributed by atoms with E-state index in [0.717, 1.165) is 4.70 Å². The Morgan fingerprint density at radius 2 is 2.00 bits per heavy atom. The van der Waals surface area contributed by atoms with E-state index >= 15 is 0 Å². The summed E-state index contributed by atoms with van der Waals surface area (Å²) < 4.78 is 15.1. The lowest BCUT2D eigenvalue weighted by Crippen LogP contribution is -2.11. The number of nitrogens with one attached hydrogen (secondary N) is 1. The summed E-state index contributed by atoms with van der Waals surface area (Å²) in [4.78, 5) is 22.9. The number of thiophene rings is 1. The van der Waals surface area contributed by atoms with Crippen molar-refractivity contribution >= 4 is 54.6 Å². The van der Waals surface area contributed by atoms with Gasteiger partial charge in [0.05, 0.1) is 15.5 Å². The quantitative estimate of drug-likeness (QED) is 0.503. The van der Waals surface area contributed by atoms with Crippen molar-refractivity contribution < 1.29 is 14.1 Å². The average molecular weight is 395 g/mol. The molecule has 23 heavy (non-hydrogen) atoms. The molecule has 0 saturated heterocycles. The Morgan fingerprint density at radius 1 is 1.22 bits per heavy atom. The van der Waals surface area contributed by atoms with E-state index in [1.165, 1.54) is 35.6 Å². The molecule has 0 fully saturated rings. The summed E-state index contributed by atoms with van der Waals surface area (Å²) >= 11 is 4.33. The minimum atomic E-state index is -0.551. The number of nitrogens with zero attached hydrogens (tertiary/aromatic N) is 1. The van der Waals surface area contributed by atoms with Crippen LogP contribution in [-0.2, 0) is 0 Å². The van der Waals surface area contributed by atoms with Crippen molar-refractivity contribution in [2.75, 3.05) is 5.32 Å². The maximum absolute atomic E-state index is 13.8. The van der Waals surface area contributed by atoms with Crippen LogP contribution in [0.4, 0.5) is 15.8 Å². The molecule has 5 nitrogen and oxygen atoms in total. The molecular weight excluding hydrogens is 387 g/mol. The van der Waals surface area contributed by atoms with Crippen LogP contribution in [0.15, 0.2) is 46.9 Å². The normalized spacial score (nSPS) is 10.7. The number of hydrogen-bond donors (Lipinski definition) is 1. The molecule has 0 bridgehead atoms. The molecule has 116 valence electrons. The SMILES string of the molecule is O=C(Nc1ccc(Br)cc1F)c1cc2cc([N+](=O)[O-])ccc2s1. The van der Waals surface area contributed by atoms with Crippen LogP contribution in [0.3, 0.4) is 0 Å². The zero-order chi connectivity index (χ0) is 16.6. The number of anilines is 1. The van der Waals surface area contributed by atoms with Crippen molar-refractivity contribution in [2.24, 2.45) is 0 Å². The lowest BCUT2D eigenvalue weighted by Gasteiger charge is -2.05. The summed E-state index contributed by atoms with van der Waals surface area (Å²) in [6.45, 7) is 0. The van der Waals surface area contributed by atoms with Crippen molar-refractivity contribution in [3.8, 4) is 0 Å². The Morgan fingerprint density at radius 3 is 2.70 bits per heavy atom. The minimum Gasteiger partial charge on any atom is -0.319 e. The molecule has 0 radical (unpaired) electrons. The monoisotopic (exact) mass is 394 g/mol. The molecular formula is C15H8BrFN2O3S. The first-order valence-electron chi connectivity index (χ1n) is 6.38. The maximum atomic E-state index is 13.8. The van der Waals surface area contributed by atoms with E-state index in [-0.39, 0.29) is 11.4 Å². The average Bonchev–Trinajstić information content (AvgIpc) is 2.93. The molecule has 0 saturated carbocycles. The molecule has 1 N–H and O–H groups in total. The third-order valence-electron chi connectivity index (χ3n) is 3.11. The molecule has 0 unspecified atom stereocenters. The second-order valence-electron chi connectivity index (χ2n) is 4.67. The second-order valence-corrected chi connectivity index (χ2v) is 6.67. The fourth-order valence-corrected chi connectivity index (χ4v) is 3.30. The van der Waals surface area contributed by atoms with Gasteiger partial charge in [0.2, 0.25) is 0 Å². The first-order valence-corrected chi connectivity index (χ1v) is 7.99. The smallest absolute Gasteiger partial charge is 0.270 e. The van der Waals surface area contributed by atoms with Gasteiger partial charge < -0.3 is 5.32 Å². The zero-order valence-electron chi connectivity index (χ0n) is 11.4. The van der Waals surface area contributed by atoms with Crippen LogP contribution >= 0.6 is 27.3 Å². The second kappa shape index (κ2) is 6.05. The summed E-state index contributed by atoms with van der Waals surface area (Å²) in [6.07, 6.45) is 0. The number of fused-ring (bicyclic) bond motifs is 1. The Kier molecular flexibility index (Phi) is 4.10. The molecule has 3 aromatic rings. The van der Waals surface area contributed by atoms with Gasteiger partial charge in [-0.3, -0.25) is 14.9 Å². The number of hydrogen-bond acceptors (Lipinski definition) is 4. The van der Waals surface area contributed by atoms with Gasteiger partial charge in [0.25, 0.3) is 11.6 Å². The van der Waals surface area contributed by atoms with Crippen molar-refractivity contribution in [1.29, 1.82) is 0 Å². The van der Waals surface area contributed by atoms with E-state index < -0.39 is 16.6 Å². The van der Waals surface area contributed by atoms with Gasteiger partial charge in [0.1, 0.15) is 5.82 Å². The third-order valence-corrected chi connectivity index (χ3v) is 4.72. The molecule has 2 aromatic carbocycles. The van der Waals surface area contributed by atoms with Gasteiger partial charge in [-0.2, -0.15) is 0 Å². The fraction of sp³-hybridized carbons (Fsp3) is 0. The summed E-state index contributed by atoms with van der Waals surface area (Å²) in [5.74, 6) is -1.01. The van der Waals surface area contributed by atoms with E-state index in [9.17, 15) is 19.3 Å². The largest absolute Gasteiger partial charge is 0.319 e. The zero-order valence-corrected chi connectivity index (χ0v) is 13.8. The first kappa shape index (κ1) is 15.6. The Balaban J connectivity index is 1.90. The number of benzene rings is 2. The van der Waals surface area contributed by atoms with Crippen LogP contribution in [-0.4, -0.2) is 10.8 Å². The topological polar surface area (TPSA) is 72.2 Å². The molecule has 1 amide bonds. The van der Waals surface area contributed by atoms with Gasteiger partial charge in [0.15, 0.2) is 0 Å². The van der Waals surface area contributed by atoms with Gasteiger partial charge in [-0.25, -0.2) is 4.39 Å². The molecule has 1 aromatic heterocycles. The van der Waals surface area contributed by atoms with Crippen LogP contribution in [0.2, 0.25) is 0 Å². The number of halogens is 2. The highest BCUT2D eigenvalue weighted by atomic mass is 79.9. The Bertz CT molecular complexity index is 942. The molecule has 0 atom stereocenters. The number of carbonyl (C=O) groups excluding carboxylic acids is 1. The lowest BCUT2D eigenvalue weighted by atomic mass is 10.2. The van der Waals surface area contributed by atoms with E-state index in [0.29, 0.717) is 14.7 Å². The fourth-order valence-electron chi connectivity index (χ4n) is 2.03. The standard InChI is InChI=1S/C15H8BrFN2O3S/c16-9-1-3-12(11(17)7-9)18-15(20)14-6-8-5-10(19(21)22)2-4-13(8)23-14/h1-7H,(H,18,20). The number of nitro groups is 1. The van der Waals surface area contributed by atoms with Crippen LogP contribution in [0.5, 0.6) is 0 Å². The third kappa shape index (κ3) is 3.22. The number of carbonyl (C=O) groups is 1. The molecule has 8 heteroatoms. The molecule has 0 aliphatic carbocycles. The Hall–Kier alpha value is -2.32. The van der Waals surface area contributed by atoms with E-state index in [4.69, 9.17) is 0 Å². The number of non-ortho nitro benzene ring substituents is 1. The first-order chi connectivity index (χ1) is 10.9. The van der Waals surface area contributed by atoms with Gasteiger partial charge in [-0.05, 0) is 30.3 Å². The maximum Gasteiger partial charge on any atom is 0.270 e. The van der Waals surface area contributed by atoms with Crippen molar-refractivity contribution in [3.05, 3.63) is 67.7 Å². The van der Waals surface area contributed by atoms with Gasteiger partial charge in [-0.1, -0.05) is 15.9 Å². The van der Waals surface area contributed by atoms with Crippen LogP contribution in [0.25, 0.3) is 10.1 Å². The highest BCUT2D eigenvalue weighted by Crippen LogP contribution is 2.30. The summed E-state index contributed by atoms with van der Waals surface area (Å²) in [5, 5.41) is 13.9. The number of rotatable bonds is 3. The summed E-state index contributed by atoms with van der Waals surface area (Å²) in [6, 6.07) is 10.3. The van der Waals surface area contributed by atoms with Gasteiger partial charge in [-0.15, -0.1) is 11.3 Å². The lowest BCUT2D eigenvalue weighted by molar-refractivity contribution is -0.384. The van der Waals surface area contributed by atoms with E-state index in [1.807, 2.05) is 0 Å². The molecule has 3 rings (SSSR count). The summed E-state index contributed by atoms with van der Waals surface area (Å²) in [7, 11) is 0. The van der Waals surface area contributed by atoms with Crippen LogP contribution in [0.1, 0.15) is 9.67 Å². The van der Waals surface area contributed by atoms with Crippen LogP contribution < -0.4 is 5.32 Å². The van der Waals surface area contributed by atoms with Crippen molar-refractivity contribution in [1.82, 2.24) is 0 Å². The minimum absolute atomic E-state index is 0.0405. The summed E-state index contributed by atoms with van der Waals surface area (Å²) in [5.41, 5.74) is 0.0304. The van der Waals surface area contributed by atoms with Crippen molar-refractivity contribution in [2.45, 2.75) is 0 Å². The van der Waals surface area contributed by atoms with Crippen molar-refractivity contribution in [3.63, 3.8) is 0 Å². The molecule has 1 heterocycles. The Labute approximate surface area is 142 Å². The predicted octanol–water partition coefficient (Wildman–Crippen LogP) is 4.96.